The second-order valence-corrected chi connectivity index (χ2v) is 5.83. The Labute approximate surface area is 149 Å². The minimum Gasteiger partial charge on any atom is -0.480 e. The van der Waals surface area contributed by atoms with Crippen LogP contribution < -0.4 is 10.9 Å². The number of aryl methyl sites for hydroxylation is 1. The highest BCUT2D eigenvalue weighted by molar-refractivity contribution is 5.84. The molecule has 0 aliphatic carbocycles. The highest BCUT2D eigenvalue weighted by Crippen LogP contribution is 2.09. The third-order valence-electron chi connectivity index (χ3n) is 3.82. The molecule has 26 heavy (non-hydrogen) atoms. The number of H-pyrrole nitrogens is 1. The number of nitrogens with one attached hydrogen (secondary N) is 2. The van der Waals surface area contributed by atoms with Gasteiger partial charge in [-0.3, -0.25) is 9.59 Å². The molecule has 0 aliphatic rings. The van der Waals surface area contributed by atoms with Crippen LogP contribution in [0.5, 0.6) is 0 Å². The van der Waals surface area contributed by atoms with Crippen LogP contribution >= 0.6 is 0 Å². The number of carboxylic acid groups (broad SMARTS) is 1. The summed E-state index contributed by atoms with van der Waals surface area (Å²) >= 11 is 0. The maximum atomic E-state index is 12.3. The number of aromatic nitrogens is 4. The molecule has 0 saturated heterocycles. The van der Waals surface area contributed by atoms with Gasteiger partial charge in [-0.25, -0.2) is 19.7 Å². The van der Waals surface area contributed by atoms with E-state index >= 15 is 0 Å². The molecule has 0 aliphatic heterocycles. The summed E-state index contributed by atoms with van der Waals surface area (Å²) < 4.78 is 0. The van der Waals surface area contributed by atoms with E-state index < -0.39 is 23.5 Å². The van der Waals surface area contributed by atoms with Crippen molar-refractivity contribution in [3.05, 3.63) is 40.1 Å². The molecular formula is C17H21N5O4. The van der Waals surface area contributed by atoms with E-state index in [0.29, 0.717) is 18.5 Å². The lowest BCUT2D eigenvalue weighted by molar-refractivity contribution is -0.142. The molecular weight excluding hydrogens is 338 g/mol. The van der Waals surface area contributed by atoms with Crippen LogP contribution in [0.3, 0.4) is 0 Å². The molecule has 138 valence electrons. The van der Waals surface area contributed by atoms with Gasteiger partial charge in [0.1, 0.15) is 6.04 Å². The first-order valence-corrected chi connectivity index (χ1v) is 8.31. The maximum Gasteiger partial charge on any atom is 0.326 e. The molecule has 0 radical (unpaired) electrons. The number of aromatic amines is 1. The first kappa shape index (κ1) is 19.2. The molecule has 9 nitrogen and oxygen atoms in total. The van der Waals surface area contributed by atoms with Crippen LogP contribution in [0.2, 0.25) is 0 Å². The molecule has 2 heterocycles. The van der Waals surface area contributed by atoms with Gasteiger partial charge in [0, 0.05) is 23.7 Å². The summed E-state index contributed by atoms with van der Waals surface area (Å²) in [5.74, 6) is -1.14. The summed E-state index contributed by atoms with van der Waals surface area (Å²) in [7, 11) is 0. The minimum absolute atomic E-state index is 0.182. The number of nitrogens with zero attached hydrogens (tertiary/aromatic N) is 3. The van der Waals surface area contributed by atoms with Gasteiger partial charge in [0.25, 0.3) is 5.56 Å². The third kappa shape index (κ3) is 4.95. The van der Waals surface area contributed by atoms with Crippen molar-refractivity contribution >= 4 is 11.9 Å². The van der Waals surface area contributed by atoms with Crippen molar-refractivity contribution in [1.82, 2.24) is 25.3 Å². The topological polar surface area (TPSA) is 138 Å². The Morgan fingerprint density at radius 1 is 1.31 bits per heavy atom. The van der Waals surface area contributed by atoms with Gasteiger partial charge in [0.2, 0.25) is 5.91 Å². The molecule has 2 rings (SSSR count). The molecule has 1 atom stereocenters. The number of amides is 1. The van der Waals surface area contributed by atoms with E-state index in [-0.39, 0.29) is 23.6 Å². The number of unbranched alkanes of at least 4 members (excludes halogenated alkanes) is 1. The monoisotopic (exact) mass is 359 g/mol. The SMILES string of the molecule is CCCCC(NC(=O)Cc1c(C)nc(-c2ncccn2)[nH]c1=O)C(=O)O. The van der Waals surface area contributed by atoms with Crippen molar-refractivity contribution in [2.45, 2.75) is 45.6 Å². The normalized spacial score (nSPS) is 11.8. The Balaban J connectivity index is 2.15. The zero-order valence-electron chi connectivity index (χ0n) is 14.7. The average molecular weight is 359 g/mol. The molecule has 2 aromatic rings. The van der Waals surface area contributed by atoms with Crippen molar-refractivity contribution in [2.24, 2.45) is 0 Å². The first-order valence-electron chi connectivity index (χ1n) is 8.31. The fourth-order valence-electron chi connectivity index (χ4n) is 2.42. The van der Waals surface area contributed by atoms with Gasteiger partial charge in [-0.05, 0) is 19.4 Å². The standard InChI is InChI=1S/C17H21N5O4/c1-3-4-6-12(17(25)26)21-13(23)9-11-10(2)20-15(22-16(11)24)14-18-7-5-8-19-14/h5,7-8,12H,3-4,6,9H2,1-2H3,(H,21,23)(H,25,26)(H,20,22,24). The number of hydrogen-bond acceptors (Lipinski definition) is 6. The molecule has 1 amide bonds. The fraction of sp³-hybridized carbons (Fsp3) is 0.412. The van der Waals surface area contributed by atoms with Crippen molar-refractivity contribution in [1.29, 1.82) is 0 Å². The number of rotatable bonds is 8. The zero-order valence-corrected chi connectivity index (χ0v) is 14.7. The third-order valence-corrected chi connectivity index (χ3v) is 3.82. The van der Waals surface area contributed by atoms with Crippen LogP contribution in [0, 0.1) is 6.92 Å². The van der Waals surface area contributed by atoms with E-state index in [1.807, 2.05) is 6.92 Å². The quantitative estimate of drug-likeness (QED) is 0.635. The van der Waals surface area contributed by atoms with Gasteiger partial charge < -0.3 is 15.4 Å². The maximum absolute atomic E-state index is 12.3. The lowest BCUT2D eigenvalue weighted by Crippen LogP contribution is -2.42. The summed E-state index contributed by atoms with van der Waals surface area (Å²) in [6.07, 6.45) is 4.66. The molecule has 0 saturated carbocycles. The van der Waals surface area contributed by atoms with E-state index in [1.54, 1.807) is 13.0 Å². The Hall–Kier alpha value is -3.10. The van der Waals surface area contributed by atoms with Crippen LogP contribution in [0.4, 0.5) is 0 Å². The van der Waals surface area contributed by atoms with Crippen LogP contribution in [0.1, 0.15) is 37.4 Å². The van der Waals surface area contributed by atoms with Gasteiger partial charge in [-0.2, -0.15) is 0 Å². The summed E-state index contributed by atoms with van der Waals surface area (Å²) in [6.45, 7) is 3.55. The number of aliphatic carboxylic acids is 1. The van der Waals surface area contributed by atoms with Gasteiger partial charge >= 0.3 is 5.97 Å². The van der Waals surface area contributed by atoms with Crippen molar-refractivity contribution in [2.75, 3.05) is 0 Å². The van der Waals surface area contributed by atoms with Crippen LogP contribution in [0.15, 0.2) is 23.3 Å². The molecule has 3 N–H and O–H groups in total. The Bertz CT molecular complexity index is 835. The second-order valence-electron chi connectivity index (χ2n) is 5.83. The van der Waals surface area contributed by atoms with E-state index in [4.69, 9.17) is 0 Å². The van der Waals surface area contributed by atoms with E-state index in [1.165, 1.54) is 12.4 Å². The van der Waals surface area contributed by atoms with Crippen LogP contribution in [-0.4, -0.2) is 43.0 Å². The summed E-state index contributed by atoms with van der Waals surface area (Å²) in [5, 5.41) is 11.6. The number of carboxylic acids is 1. The molecule has 0 fully saturated rings. The minimum atomic E-state index is -1.09. The van der Waals surface area contributed by atoms with Gasteiger partial charge in [-0.15, -0.1) is 0 Å². The van der Waals surface area contributed by atoms with Gasteiger partial charge in [0.05, 0.1) is 6.42 Å². The molecule has 2 aromatic heterocycles. The summed E-state index contributed by atoms with van der Waals surface area (Å²) in [5.41, 5.74) is 0.0733. The largest absolute Gasteiger partial charge is 0.480 e. The lowest BCUT2D eigenvalue weighted by Gasteiger charge is -2.14. The highest BCUT2D eigenvalue weighted by atomic mass is 16.4. The van der Waals surface area contributed by atoms with E-state index in [0.717, 1.165) is 6.42 Å². The van der Waals surface area contributed by atoms with Crippen LogP contribution in [0.25, 0.3) is 11.6 Å². The predicted octanol–water partition coefficient (Wildman–Crippen LogP) is 0.837. The number of carbonyl (C=O) groups excluding carboxylic acids is 1. The number of hydrogen-bond donors (Lipinski definition) is 3. The fourth-order valence-corrected chi connectivity index (χ4v) is 2.42. The Morgan fingerprint density at radius 2 is 2.00 bits per heavy atom. The van der Waals surface area contributed by atoms with E-state index in [2.05, 4.69) is 25.3 Å². The predicted molar refractivity (Wildman–Crippen MR) is 93.4 cm³/mol. The second kappa shape index (κ2) is 8.84. The summed E-state index contributed by atoms with van der Waals surface area (Å²) in [4.78, 5) is 50.6. The van der Waals surface area contributed by atoms with Crippen molar-refractivity contribution in [3.8, 4) is 11.6 Å². The zero-order chi connectivity index (χ0) is 19.1. The average Bonchev–Trinajstić information content (AvgIpc) is 2.62. The van der Waals surface area contributed by atoms with E-state index in [9.17, 15) is 19.5 Å². The number of carbonyl (C=O) groups is 2. The smallest absolute Gasteiger partial charge is 0.326 e. The van der Waals surface area contributed by atoms with Gasteiger partial charge in [0.15, 0.2) is 11.6 Å². The molecule has 1 unspecified atom stereocenters. The Kier molecular flexibility index (Phi) is 6.54. The molecule has 0 spiro atoms. The Morgan fingerprint density at radius 3 is 2.58 bits per heavy atom. The van der Waals surface area contributed by atoms with Gasteiger partial charge in [-0.1, -0.05) is 19.8 Å². The van der Waals surface area contributed by atoms with Crippen molar-refractivity contribution in [3.63, 3.8) is 0 Å². The first-order chi connectivity index (χ1) is 12.4. The summed E-state index contributed by atoms with van der Waals surface area (Å²) in [6, 6.07) is 0.677. The lowest BCUT2D eigenvalue weighted by atomic mass is 10.1. The van der Waals surface area contributed by atoms with Crippen molar-refractivity contribution < 1.29 is 14.7 Å². The molecule has 0 aromatic carbocycles. The molecule has 9 heteroatoms. The van der Waals surface area contributed by atoms with Crippen LogP contribution in [-0.2, 0) is 16.0 Å². The highest BCUT2D eigenvalue weighted by Gasteiger charge is 2.21. The molecule has 0 bridgehead atoms.